The van der Waals surface area contributed by atoms with E-state index < -0.39 is 0 Å². The fourth-order valence-electron chi connectivity index (χ4n) is 3.07. The highest BCUT2D eigenvalue weighted by molar-refractivity contribution is 6.32. The van der Waals surface area contributed by atoms with Crippen LogP contribution in [0.15, 0.2) is 36.4 Å². The van der Waals surface area contributed by atoms with E-state index >= 15 is 0 Å². The minimum Gasteiger partial charge on any atom is -0.487 e. The summed E-state index contributed by atoms with van der Waals surface area (Å²) in [7, 11) is 1.66. The Morgan fingerprint density at radius 3 is 2.72 bits per heavy atom. The van der Waals surface area contributed by atoms with Gasteiger partial charge in [0, 0.05) is 7.05 Å². The Kier molecular flexibility index (Phi) is 5.64. The molecular formula is C21H24ClNO2. The molecule has 0 spiro atoms. The molecule has 0 bridgehead atoms. The van der Waals surface area contributed by atoms with Gasteiger partial charge in [-0.05, 0) is 59.6 Å². The lowest BCUT2D eigenvalue weighted by atomic mass is 9.96. The van der Waals surface area contributed by atoms with Gasteiger partial charge < -0.3 is 10.1 Å². The van der Waals surface area contributed by atoms with Gasteiger partial charge in [0.15, 0.2) is 0 Å². The fourth-order valence-corrected chi connectivity index (χ4v) is 3.32. The summed E-state index contributed by atoms with van der Waals surface area (Å²) in [4.78, 5) is 11.9. The van der Waals surface area contributed by atoms with Gasteiger partial charge in [-0.25, -0.2) is 0 Å². The van der Waals surface area contributed by atoms with Crippen molar-refractivity contribution in [3.05, 3.63) is 63.7 Å². The van der Waals surface area contributed by atoms with Crippen LogP contribution in [-0.4, -0.2) is 13.0 Å². The summed E-state index contributed by atoms with van der Waals surface area (Å²) >= 11 is 6.35. The molecular weight excluding hydrogens is 334 g/mol. The monoisotopic (exact) mass is 357 g/mol. The molecule has 3 rings (SSSR count). The molecule has 0 atom stereocenters. The maximum atomic E-state index is 11.9. The van der Waals surface area contributed by atoms with Crippen LogP contribution in [0.2, 0.25) is 5.02 Å². The molecule has 0 aromatic heterocycles. The summed E-state index contributed by atoms with van der Waals surface area (Å²) in [6.45, 7) is 2.54. The second kappa shape index (κ2) is 7.92. The van der Waals surface area contributed by atoms with Gasteiger partial charge in [0.05, 0.1) is 11.4 Å². The summed E-state index contributed by atoms with van der Waals surface area (Å²) < 4.78 is 6.03. The molecule has 1 aliphatic carbocycles. The van der Waals surface area contributed by atoms with E-state index in [0.29, 0.717) is 29.7 Å². The van der Waals surface area contributed by atoms with E-state index in [-0.39, 0.29) is 5.91 Å². The molecule has 25 heavy (non-hydrogen) atoms. The van der Waals surface area contributed by atoms with E-state index in [2.05, 4.69) is 18.3 Å². The lowest BCUT2D eigenvalue weighted by molar-refractivity contribution is -0.119. The van der Waals surface area contributed by atoms with Crippen LogP contribution < -0.4 is 10.1 Å². The van der Waals surface area contributed by atoms with Crippen LogP contribution in [0.4, 0.5) is 0 Å². The molecule has 2 aromatic carbocycles. The Labute approximate surface area is 154 Å². The number of carbonyl (C=O) groups excluding carboxylic acids is 1. The SMILES string of the molecule is CCc1ccc(OCc2c(CC(=O)NC)cccc2C2CC2)c(Cl)c1. The van der Waals surface area contributed by atoms with Crippen molar-refractivity contribution in [1.29, 1.82) is 0 Å². The molecule has 0 unspecified atom stereocenters. The van der Waals surface area contributed by atoms with Crippen molar-refractivity contribution in [2.45, 2.75) is 45.1 Å². The quantitative estimate of drug-likeness (QED) is 0.783. The van der Waals surface area contributed by atoms with Crippen LogP contribution in [0.5, 0.6) is 5.75 Å². The number of hydrogen-bond acceptors (Lipinski definition) is 2. The number of benzene rings is 2. The van der Waals surface area contributed by atoms with Crippen LogP contribution in [0.3, 0.4) is 0 Å². The number of halogens is 1. The standard InChI is InChI=1S/C21H24ClNO2/c1-3-14-7-10-20(19(22)11-14)25-13-18-16(12-21(24)23-2)5-4-6-17(18)15-8-9-15/h4-7,10-11,15H,3,8-9,12-13H2,1-2H3,(H,23,24). The van der Waals surface area contributed by atoms with Crippen LogP contribution in [-0.2, 0) is 24.2 Å². The Morgan fingerprint density at radius 2 is 2.08 bits per heavy atom. The zero-order chi connectivity index (χ0) is 17.8. The summed E-state index contributed by atoms with van der Waals surface area (Å²) in [5.41, 5.74) is 4.66. The minimum atomic E-state index is 0.0135. The zero-order valence-corrected chi connectivity index (χ0v) is 15.5. The molecule has 1 amide bonds. The molecule has 2 aromatic rings. The van der Waals surface area contributed by atoms with Gasteiger partial charge in [0.1, 0.15) is 12.4 Å². The topological polar surface area (TPSA) is 38.3 Å². The Morgan fingerprint density at radius 1 is 1.28 bits per heavy atom. The first kappa shape index (κ1) is 17.8. The van der Waals surface area contributed by atoms with Crippen LogP contribution >= 0.6 is 11.6 Å². The van der Waals surface area contributed by atoms with E-state index in [9.17, 15) is 4.79 Å². The minimum absolute atomic E-state index is 0.0135. The highest BCUT2D eigenvalue weighted by Gasteiger charge is 2.27. The number of amides is 1. The summed E-state index contributed by atoms with van der Waals surface area (Å²) in [5, 5.41) is 3.33. The van der Waals surface area contributed by atoms with E-state index in [1.807, 2.05) is 30.3 Å². The number of hydrogen-bond donors (Lipinski definition) is 1. The second-order valence-corrected chi connectivity index (χ2v) is 6.92. The molecule has 1 aliphatic rings. The summed E-state index contributed by atoms with van der Waals surface area (Å²) in [6, 6.07) is 12.1. The van der Waals surface area contributed by atoms with Crippen molar-refractivity contribution in [3.63, 3.8) is 0 Å². The molecule has 1 saturated carbocycles. The number of rotatable bonds is 7. The van der Waals surface area contributed by atoms with Crippen LogP contribution in [0, 0.1) is 0 Å². The van der Waals surface area contributed by atoms with Gasteiger partial charge in [-0.2, -0.15) is 0 Å². The predicted octanol–water partition coefficient (Wildman–Crippen LogP) is 4.65. The van der Waals surface area contributed by atoms with Gasteiger partial charge >= 0.3 is 0 Å². The zero-order valence-electron chi connectivity index (χ0n) is 14.8. The number of nitrogens with one attached hydrogen (secondary N) is 1. The molecule has 0 saturated heterocycles. The van der Waals surface area contributed by atoms with E-state index in [1.54, 1.807) is 7.05 Å². The van der Waals surface area contributed by atoms with Crippen molar-refractivity contribution in [3.8, 4) is 5.75 Å². The first-order chi connectivity index (χ1) is 12.1. The van der Waals surface area contributed by atoms with E-state index in [1.165, 1.54) is 24.0 Å². The van der Waals surface area contributed by atoms with Gasteiger partial charge in [0.25, 0.3) is 0 Å². The maximum Gasteiger partial charge on any atom is 0.224 e. The van der Waals surface area contributed by atoms with Crippen molar-refractivity contribution in [2.75, 3.05) is 7.05 Å². The molecule has 0 aliphatic heterocycles. The van der Waals surface area contributed by atoms with Gasteiger partial charge in [0.2, 0.25) is 5.91 Å². The van der Waals surface area contributed by atoms with Crippen LogP contribution in [0.1, 0.15) is 47.9 Å². The molecule has 0 radical (unpaired) electrons. The number of carbonyl (C=O) groups is 1. The molecule has 3 nitrogen and oxygen atoms in total. The van der Waals surface area contributed by atoms with E-state index in [4.69, 9.17) is 16.3 Å². The van der Waals surface area contributed by atoms with Crippen LogP contribution in [0.25, 0.3) is 0 Å². The van der Waals surface area contributed by atoms with Gasteiger partial charge in [-0.3, -0.25) is 4.79 Å². The number of ether oxygens (including phenoxy) is 1. The van der Waals surface area contributed by atoms with Crippen molar-refractivity contribution >= 4 is 17.5 Å². The first-order valence-corrected chi connectivity index (χ1v) is 9.22. The lowest BCUT2D eigenvalue weighted by Crippen LogP contribution is -2.21. The number of aryl methyl sites for hydroxylation is 1. The first-order valence-electron chi connectivity index (χ1n) is 8.84. The van der Waals surface area contributed by atoms with Crippen molar-refractivity contribution < 1.29 is 9.53 Å². The third-order valence-electron chi connectivity index (χ3n) is 4.73. The average Bonchev–Trinajstić information content (AvgIpc) is 3.46. The highest BCUT2D eigenvalue weighted by atomic mass is 35.5. The third kappa shape index (κ3) is 4.35. The predicted molar refractivity (Wildman–Crippen MR) is 101 cm³/mol. The molecule has 1 N–H and O–H groups in total. The van der Waals surface area contributed by atoms with Gasteiger partial charge in [-0.1, -0.05) is 42.8 Å². The molecule has 4 heteroatoms. The summed E-state index contributed by atoms with van der Waals surface area (Å²) in [6.07, 6.45) is 3.74. The average molecular weight is 358 g/mol. The molecule has 1 fully saturated rings. The Bertz CT molecular complexity index is 768. The summed E-state index contributed by atoms with van der Waals surface area (Å²) in [5.74, 6) is 1.30. The lowest BCUT2D eigenvalue weighted by Gasteiger charge is -2.16. The highest BCUT2D eigenvalue weighted by Crippen LogP contribution is 2.42. The van der Waals surface area contributed by atoms with Crippen molar-refractivity contribution in [2.24, 2.45) is 0 Å². The Hall–Kier alpha value is -2.00. The normalized spacial score (nSPS) is 13.6. The smallest absolute Gasteiger partial charge is 0.224 e. The number of likely N-dealkylation sites (N-methyl/N-ethyl adjacent to an activating group) is 1. The van der Waals surface area contributed by atoms with Gasteiger partial charge in [-0.15, -0.1) is 0 Å². The third-order valence-corrected chi connectivity index (χ3v) is 5.03. The molecule has 132 valence electrons. The second-order valence-electron chi connectivity index (χ2n) is 6.52. The molecule has 0 heterocycles. The largest absolute Gasteiger partial charge is 0.487 e. The van der Waals surface area contributed by atoms with E-state index in [0.717, 1.165) is 17.5 Å². The van der Waals surface area contributed by atoms with Crippen molar-refractivity contribution in [1.82, 2.24) is 5.32 Å². The Balaban J connectivity index is 1.84. The maximum absolute atomic E-state index is 11.9. The fraction of sp³-hybridized carbons (Fsp3) is 0.381.